The number of aromatic nitrogens is 2. The normalized spacial score (nSPS) is 25.3. The van der Waals surface area contributed by atoms with Crippen LogP contribution in [0.2, 0.25) is 0 Å². The van der Waals surface area contributed by atoms with Crippen LogP contribution in [0.15, 0.2) is 18.5 Å². The number of amides is 1. The molecule has 0 bridgehead atoms. The van der Waals surface area contributed by atoms with Crippen molar-refractivity contribution in [2.75, 3.05) is 11.5 Å². The second-order valence-corrected chi connectivity index (χ2v) is 7.51. The standard InChI is InChI=1S/C12H19N3O3S/c1-12(5-9-19(17,18)10-12)14-11(16)4-2-7-15-8-3-6-13-15/h3,6,8H,2,4-5,7,9-10H2,1H3,(H,14,16)/t12-/m0/s1. The first-order chi connectivity index (χ1) is 8.89. The van der Waals surface area contributed by atoms with Crippen LogP contribution in [-0.2, 0) is 21.2 Å². The number of nitrogens with one attached hydrogen (secondary N) is 1. The van der Waals surface area contributed by atoms with Crippen molar-refractivity contribution in [1.29, 1.82) is 0 Å². The molecule has 2 rings (SSSR count). The molecule has 106 valence electrons. The molecule has 1 aromatic heterocycles. The maximum atomic E-state index is 11.8. The molecule has 6 nitrogen and oxygen atoms in total. The van der Waals surface area contributed by atoms with E-state index in [1.165, 1.54) is 0 Å². The zero-order valence-electron chi connectivity index (χ0n) is 11.0. The summed E-state index contributed by atoms with van der Waals surface area (Å²) in [5.41, 5.74) is -0.596. The van der Waals surface area contributed by atoms with E-state index in [0.717, 1.165) is 0 Å². The quantitative estimate of drug-likeness (QED) is 0.847. The van der Waals surface area contributed by atoms with E-state index in [-0.39, 0.29) is 17.4 Å². The SMILES string of the molecule is C[C@]1(NC(=O)CCCn2cccn2)CCS(=O)(=O)C1. The van der Waals surface area contributed by atoms with Crippen LogP contribution in [0.4, 0.5) is 0 Å². The van der Waals surface area contributed by atoms with E-state index in [9.17, 15) is 13.2 Å². The topological polar surface area (TPSA) is 81.1 Å². The van der Waals surface area contributed by atoms with Crippen molar-refractivity contribution in [1.82, 2.24) is 15.1 Å². The Morgan fingerprint density at radius 3 is 2.89 bits per heavy atom. The Balaban J connectivity index is 1.75. The van der Waals surface area contributed by atoms with Crippen LogP contribution in [0.5, 0.6) is 0 Å². The molecule has 1 N–H and O–H groups in total. The molecule has 1 aliphatic rings. The third-order valence-corrected chi connectivity index (χ3v) is 5.20. The number of rotatable bonds is 5. The van der Waals surface area contributed by atoms with Gasteiger partial charge < -0.3 is 5.32 Å². The summed E-state index contributed by atoms with van der Waals surface area (Å²) in [5.74, 6) is 0.119. The summed E-state index contributed by atoms with van der Waals surface area (Å²) >= 11 is 0. The third-order valence-electron chi connectivity index (χ3n) is 3.29. The molecule has 1 saturated heterocycles. The third kappa shape index (κ3) is 4.05. The smallest absolute Gasteiger partial charge is 0.220 e. The highest BCUT2D eigenvalue weighted by Crippen LogP contribution is 2.22. The van der Waals surface area contributed by atoms with Crippen molar-refractivity contribution in [3.63, 3.8) is 0 Å². The van der Waals surface area contributed by atoms with Gasteiger partial charge in [0.15, 0.2) is 9.84 Å². The van der Waals surface area contributed by atoms with Gasteiger partial charge in [-0.1, -0.05) is 0 Å². The Bertz CT molecular complexity index is 539. The van der Waals surface area contributed by atoms with E-state index in [4.69, 9.17) is 0 Å². The zero-order chi connectivity index (χ0) is 13.9. The molecule has 0 radical (unpaired) electrons. The summed E-state index contributed by atoms with van der Waals surface area (Å²) in [6.07, 6.45) is 5.12. The lowest BCUT2D eigenvalue weighted by molar-refractivity contribution is -0.122. The molecular formula is C12H19N3O3S. The van der Waals surface area contributed by atoms with Crippen molar-refractivity contribution in [2.45, 2.75) is 38.3 Å². The van der Waals surface area contributed by atoms with Crippen molar-refractivity contribution >= 4 is 15.7 Å². The minimum atomic E-state index is -2.98. The van der Waals surface area contributed by atoms with E-state index in [0.29, 0.717) is 25.8 Å². The van der Waals surface area contributed by atoms with Gasteiger partial charge in [0, 0.05) is 25.4 Å². The molecule has 7 heteroatoms. The fraction of sp³-hybridized carbons (Fsp3) is 0.667. The summed E-state index contributed by atoms with van der Waals surface area (Å²) in [6.45, 7) is 2.48. The molecule has 1 aliphatic heterocycles. The van der Waals surface area contributed by atoms with Crippen molar-refractivity contribution in [2.24, 2.45) is 0 Å². The molecule has 1 amide bonds. The van der Waals surface area contributed by atoms with Crippen LogP contribution in [0.1, 0.15) is 26.2 Å². The minimum Gasteiger partial charge on any atom is -0.350 e. The lowest BCUT2D eigenvalue weighted by Crippen LogP contribution is -2.46. The van der Waals surface area contributed by atoms with Gasteiger partial charge in [0.05, 0.1) is 17.0 Å². The highest BCUT2D eigenvalue weighted by atomic mass is 32.2. The molecule has 0 aromatic carbocycles. The second kappa shape index (κ2) is 5.32. The first-order valence-electron chi connectivity index (χ1n) is 6.37. The monoisotopic (exact) mass is 285 g/mol. The number of hydrogen-bond acceptors (Lipinski definition) is 4. The van der Waals surface area contributed by atoms with Crippen LogP contribution in [0.3, 0.4) is 0 Å². The van der Waals surface area contributed by atoms with Gasteiger partial charge in [-0.25, -0.2) is 8.42 Å². The van der Waals surface area contributed by atoms with Gasteiger partial charge in [-0.2, -0.15) is 5.10 Å². The minimum absolute atomic E-state index is 0.0465. The molecule has 1 aromatic rings. The Morgan fingerprint density at radius 2 is 2.32 bits per heavy atom. The van der Waals surface area contributed by atoms with Crippen molar-refractivity contribution in [3.8, 4) is 0 Å². The molecule has 0 aliphatic carbocycles. The zero-order valence-corrected chi connectivity index (χ0v) is 11.8. The van der Waals surface area contributed by atoms with Crippen LogP contribution >= 0.6 is 0 Å². The van der Waals surface area contributed by atoms with Gasteiger partial charge >= 0.3 is 0 Å². The summed E-state index contributed by atoms with van der Waals surface area (Å²) in [7, 11) is -2.98. The molecule has 0 spiro atoms. The van der Waals surface area contributed by atoms with Crippen molar-refractivity contribution in [3.05, 3.63) is 18.5 Å². The fourth-order valence-corrected chi connectivity index (χ4v) is 4.44. The molecule has 0 unspecified atom stereocenters. The molecule has 1 fully saturated rings. The predicted molar refractivity (Wildman–Crippen MR) is 71.3 cm³/mol. The lowest BCUT2D eigenvalue weighted by atomic mass is 10.0. The molecule has 2 heterocycles. The highest BCUT2D eigenvalue weighted by Gasteiger charge is 2.39. The molecule has 19 heavy (non-hydrogen) atoms. The highest BCUT2D eigenvalue weighted by molar-refractivity contribution is 7.91. The molecule has 0 saturated carbocycles. The van der Waals surface area contributed by atoms with Gasteiger partial charge in [0.25, 0.3) is 0 Å². The number of carbonyl (C=O) groups excluding carboxylic acids is 1. The van der Waals surface area contributed by atoms with E-state index in [1.54, 1.807) is 17.8 Å². The van der Waals surface area contributed by atoms with E-state index in [1.807, 2.05) is 12.3 Å². The van der Waals surface area contributed by atoms with E-state index < -0.39 is 15.4 Å². The average molecular weight is 285 g/mol. The number of sulfone groups is 1. The van der Waals surface area contributed by atoms with Gasteiger partial charge in [-0.3, -0.25) is 9.48 Å². The molecule has 1 atom stereocenters. The van der Waals surface area contributed by atoms with E-state index in [2.05, 4.69) is 10.4 Å². The number of aryl methyl sites for hydroxylation is 1. The van der Waals surface area contributed by atoms with E-state index >= 15 is 0 Å². The Hall–Kier alpha value is -1.37. The van der Waals surface area contributed by atoms with Gasteiger partial charge in [0.2, 0.25) is 5.91 Å². The van der Waals surface area contributed by atoms with Gasteiger partial charge in [-0.15, -0.1) is 0 Å². The maximum Gasteiger partial charge on any atom is 0.220 e. The second-order valence-electron chi connectivity index (χ2n) is 5.32. The van der Waals surface area contributed by atoms with Gasteiger partial charge in [0.1, 0.15) is 0 Å². The van der Waals surface area contributed by atoms with Crippen LogP contribution in [-0.4, -0.2) is 41.2 Å². The number of hydrogen-bond donors (Lipinski definition) is 1. The maximum absolute atomic E-state index is 11.8. The number of carbonyl (C=O) groups is 1. The first-order valence-corrected chi connectivity index (χ1v) is 8.20. The summed E-state index contributed by atoms with van der Waals surface area (Å²) in [6, 6.07) is 1.84. The average Bonchev–Trinajstić information content (AvgIpc) is 2.87. The Morgan fingerprint density at radius 1 is 1.53 bits per heavy atom. The summed E-state index contributed by atoms with van der Waals surface area (Å²) in [5, 5.41) is 6.90. The van der Waals surface area contributed by atoms with Gasteiger partial charge in [-0.05, 0) is 25.8 Å². The summed E-state index contributed by atoms with van der Waals surface area (Å²) < 4.78 is 24.6. The Labute approximate surface area is 113 Å². The Kier molecular flexibility index (Phi) is 3.93. The lowest BCUT2D eigenvalue weighted by Gasteiger charge is -2.23. The largest absolute Gasteiger partial charge is 0.350 e. The van der Waals surface area contributed by atoms with Crippen LogP contribution < -0.4 is 5.32 Å². The first kappa shape index (κ1) is 14.0. The predicted octanol–water partition coefficient (Wildman–Crippen LogP) is 0.357. The van der Waals surface area contributed by atoms with Crippen molar-refractivity contribution < 1.29 is 13.2 Å². The van der Waals surface area contributed by atoms with Crippen LogP contribution in [0.25, 0.3) is 0 Å². The summed E-state index contributed by atoms with van der Waals surface area (Å²) in [4.78, 5) is 11.8. The van der Waals surface area contributed by atoms with Crippen LogP contribution in [0, 0.1) is 0 Å². The molecular weight excluding hydrogens is 266 g/mol. The number of nitrogens with zero attached hydrogens (tertiary/aromatic N) is 2. The fourth-order valence-electron chi connectivity index (χ4n) is 2.34.